The van der Waals surface area contributed by atoms with E-state index in [-0.39, 0.29) is 11.3 Å². The molecule has 0 saturated carbocycles. The van der Waals surface area contributed by atoms with Gasteiger partial charge in [0.1, 0.15) is 5.69 Å². The zero-order valence-corrected chi connectivity index (χ0v) is 7.68. The van der Waals surface area contributed by atoms with Crippen LogP contribution in [0.25, 0.3) is 10.8 Å². The molecule has 0 aliphatic heterocycles. The van der Waals surface area contributed by atoms with Crippen LogP contribution >= 0.6 is 0 Å². The molecule has 0 radical (unpaired) electrons. The zero-order valence-electron chi connectivity index (χ0n) is 7.68. The van der Waals surface area contributed by atoms with Gasteiger partial charge in [-0.3, -0.25) is 9.78 Å². The molecule has 1 N–H and O–H groups in total. The van der Waals surface area contributed by atoms with E-state index in [0.29, 0.717) is 17.1 Å². The molecule has 0 amide bonds. The van der Waals surface area contributed by atoms with Crippen molar-refractivity contribution in [2.24, 2.45) is 0 Å². The number of fused-ring (bicyclic) bond motifs is 1. The summed E-state index contributed by atoms with van der Waals surface area (Å²) in [7, 11) is 0. The second-order valence-electron chi connectivity index (χ2n) is 3.06. The van der Waals surface area contributed by atoms with Gasteiger partial charge >= 0.3 is 5.97 Å². The predicted octanol–water partition coefficient (Wildman–Crippen LogP) is 1.75. The number of benzene rings is 1. The molecule has 15 heavy (non-hydrogen) atoms. The van der Waals surface area contributed by atoms with Crippen molar-refractivity contribution in [2.45, 2.75) is 0 Å². The summed E-state index contributed by atoms with van der Waals surface area (Å²) in [5.41, 5.74) is 0.411. The number of aromatic carboxylic acids is 1. The van der Waals surface area contributed by atoms with Crippen LogP contribution in [-0.4, -0.2) is 22.3 Å². The molecular formula is C11H7NO3. The topological polar surface area (TPSA) is 67.3 Å². The lowest BCUT2D eigenvalue weighted by Gasteiger charge is -2.01. The summed E-state index contributed by atoms with van der Waals surface area (Å²) in [5, 5.41) is 10.2. The largest absolute Gasteiger partial charge is 0.478 e. The molecule has 0 aliphatic carbocycles. The molecule has 2 aromatic rings. The highest BCUT2D eigenvalue weighted by atomic mass is 16.4. The maximum Gasteiger partial charge on any atom is 0.336 e. The Morgan fingerprint density at radius 1 is 1.40 bits per heavy atom. The van der Waals surface area contributed by atoms with Crippen molar-refractivity contribution in [3.05, 3.63) is 41.7 Å². The fourth-order valence-corrected chi connectivity index (χ4v) is 1.44. The monoisotopic (exact) mass is 201 g/mol. The first-order valence-electron chi connectivity index (χ1n) is 4.29. The Hall–Kier alpha value is -2.23. The second kappa shape index (κ2) is 3.49. The number of rotatable bonds is 2. The highest BCUT2D eigenvalue weighted by molar-refractivity contribution is 6.04. The molecular weight excluding hydrogens is 194 g/mol. The Kier molecular flexibility index (Phi) is 2.17. The predicted molar refractivity (Wildman–Crippen MR) is 54.1 cm³/mol. The summed E-state index contributed by atoms with van der Waals surface area (Å²) in [4.78, 5) is 25.3. The van der Waals surface area contributed by atoms with E-state index in [9.17, 15) is 9.59 Å². The highest BCUT2D eigenvalue weighted by Crippen LogP contribution is 2.18. The van der Waals surface area contributed by atoms with E-state index in [1.165, 1.54) is 18.3 Å². The standard InChI is InChI=1S/C11H7NO3/c13-6-8-4-10-7(5-12-8)2-1-3-9(10)11(14)15/h1-6H,(H,14,15). The molecule has 0 atom stereocenters. The van der Waals surface area contributed by atoms with Gasteiger partial charge in [-0.2, -0.15) is 0 Å². The zero-order chi connectivity index (χ0) is 10.8. The smallest absolute Gasteiger partial charge is 0.336 e. The van der Waals surface area contributed by atoms with Crippen LogP contribution < -0.4 is 0 Å². The molecule has 0 bridgehead atoms. The van der Waals surface area contributed by atoms with Crippen molar-refractivity contribution >= 4 is 23.0 Å². The number of carboxylic acid groups (broad SMARTS) is 1. The molecule has 0 fully saturated rings. The fraction of sp³-hybridized carbons (Fsp3) is 0. The van der Waals surface area contributed by atoms with Crippen molar-refractivity contribution < 1.29 is 14.7 Å². The summed E-state index contributed by atoms with van der Waals surface area (Å²) in [5.74, 6) is -1.01. The van der Waals surface area contributed by atoms with Crippen LogP contribution in [0.5, 0.6) is 0 Å². The third-order valence-electron chi connectivity index (χ3n) is 2.14. The maximum absolute atomic E-state index is 10.9. The van der Waals surface area contributed by atoms with Crippen LogP contribution in [0.4, 0.5) is 0 Å². The van der Waals surface area contributed by atoms with Gasteiger partial charge < -0.3 is 5.11 Å². The van der Waals surface area contributed by atoms with Gasteiger partial charge in [0.15, 0.2) is 6.29 Å². The number of hydrogen-bond donors (Lipinski definition) is 1. The minimum atomic E-state index is -1.01. The van der Waals surface area contributed by atoms with Crippen molar-refractivity contribution in [1.82, 2.24) is 4.98 Å². The summed E-state index contributed by atoms with van der Waals surface area (Å²) in [6.07, 6.45) is 2.09. The minimum absolute atomic E-state index is 0.179. The lowest BCUT2D eigenvalue weighted by atomic mass is 10.1. The van der Waals surface area contributed by atoms with Gasteiger partial charge in [0.05, 0.1) is 5.56 Å². The van der Waals surface area contributed by atoms with Gasteiger partial charge in [-0.25, -0.2) is 4.79 Å². The summed E-state index contributed by atoms with van der Waals surface area (Å²) in [6.45, 7) is 0. The normalized spacial score (nSPS) is 10.1. The van der Waals surface area contributed by atoms with Crippen LogP contribution in [-0.2, 0) is 0 Å². The number of pyridine rings is 1. The van der Waals surface area contributed by atoms with Crippen molar-refractivity contribution in [3.63, 3.8) is 0 Å². The molecule has 0 spiro atoms. The third-order valence-corrected chi connectivity index (χ3v) is 2.14. The lowest BCUT2D eigenvalue weighted by molar-refractivity contribution is 0.0699. The van der Waals surface area contributed by atoms with Crippen LogP contribution in [0.2, 0.25) is 0 Å². The summed E-state index contributed by atoms with van der Waals surface area (Å²) < 4.78 is 0. The number of carbonyl (C=O) groups is 2. The van der Waals surface area contributed by atoms with E-state index >= 15 is 0 Å². The Morgan fingerprint density at radius 3 is 2.87 bits per heavy atom. The summed E-state index contributed by atoms with van der Waals surface area (Å²) in [6, 6.07) is 6.38. The molecule has 1 heterocycles. The molecule has 0 unspecified atom stereocenters. The number of aromatic nitrogens is 1. The van der Waals surface area contributed by atoms with E-state index in [2.05, 4.69) is 4.98 Å². The van der Waals surface area contributed by atoms with E-state index in [0.717, 1.165) is 0 Å². The number of nitrogens with zero attached hydrogens (tertiary/aromatic N) is 1. The molecule has 4 nitrogen and oxygen atoms in total. The van der Waals surface area contributed by atoms with Crippen LogP contribution in [0.15, 0.2) is 30.5 Å². The van der Waals surface area contributed by atoms with Crippen molar-refractivity contribution in [1.29, 1.82) is 0 Å². The Morgan fingerprint density at radius 2 is 2.20 bits per heavy atom. The highest BCUT2D eigenvalue weighted by Gasteiger charge is 2.08. The quantitative estimate of drug-likeness (QED) is 0.751. The Balaban J connectivity index is 2.81. The molecule has 0 aliphatic rings. The molecule has 2 rings (SSSR count). The van der Waals surface area contributed by atoms with Gasteiger partial charge in [-0.1, -0.05) is 12.1 Å². The molecule has 1 aromatic heterocycles. The van der Waals surface area contributed by atoms with Crippen LogP contribution in [0.1, 0.15) is 20.8 Å². The number of carbonyl (C=O) groups excluding carboxylic acids is 1. The van der Waals surface area contributed by atoms with Gasteiger partial charge in [0.25, 0.3) is 0 Å². The average molecular weight is 201 g/mol. The SMILES string of the molecule is O=Cc1cc2c(C(=O)O)cccc2cn1. The van der Waals surface area contributed by atoms with Gasteiger partial charge in [-0.05, 0) is 17.5 Å². The van der Waals surface area contributed by atoms with Crippen LogP contribution in [0, 0.1) is 0 Å². The van der Waals surface area contributed by atoms with Gasteiger partial charge in [0, 0.05) is 11.6 Å². The van der Waals surface area contributed by atoms with Crippen molar-refractivity contribution in [2.75, 3.05) is 0 Å². The van der Waals surface area contributed by atoms with E-state index in [1.807, 2.05) is 0 Å². The molecule has 74 valence electrons. The Labute approximate surface area is 85.2 Å². The molecule has 4 heteroatoms. The lowest BCUT2D eigenvalue weighted by Crippen LogP contribution is -1.98. The minimum Gasteiger partial charge on any atom is -0.478 e. The van der Waals surface area contributed by atoms with Gasteiger partial charge in [-0.15, -0.1) is 0 Å². The second-order valence-corrected chi connectivity index (χ2v) is 3.06. The first-order valence-corrected chi connectivity index (χ1v) is 4.29. The number of hydrogen-bond acceptors (Lipinski definition) is 3. The molecule has 0 saturated heterocycles. The fourth-order valence-electron chi connectivity index (χ4n) is 1.44. The first-order chi connectivity index (χ1) is 7.22. The van der Waals surface area contributed by atoms with E-state index < -0.39 is 5.97 Å². The van der Waals surface area contributed by atoms with E-state index in [1.54, 1.807) is 12.1 Å². The van der Waals surface area contributed by atoms with Crippen LogP contribution in [0.3, 0.4) is 0 Å². The first kappa shape index (κ1) is 9.33. The third kappa shape index (κ3) is 1.57. The average Bonchev–Trinajstić information content (AvgIpc) is 2.27. The number of aldehydes is 1. The maximum atomic E-state index is 10.9. The van der Waals surface area contributed by atoms with Gasteiger partial charge in [0.2, 0.25) is 0 Å². The number of carboxylic acids is 1. The van der Waals surface area contributed by atoms with Crippen molar-refractivity contribution in [3.8, 4) is 0 Å². The summed E-state index contributed by atoms with van der Waals surface area (Å²) >= 11 is 0. The Bertz CT molecular complexity index is 549. The van der Waals surface area contributed by atoms with E-state index in [4.69, 9.17) is 5.11 Å². The molecule has 1 aromatic carbocycles.